The van der Waals surface area contributed by atoms with Gasteiger partial charge in [0.1, 0.15) is 0 Å². The number of hydrogen-bond acceptors (Lipinski definition) is 3. The first kappa shape index (κ1) is 17.5. The Morgan fingerprint density at radius 1 is 1.00 bits per heavy atom. The molecule has 22 heavy (non-hydrogen) atoms. The minimum absolute atomic E-state index is 0.340. The summed E-state index contributed by atoms with van der Waals surface area (Å²) in [7, 11) is 0. The van der Waals surface area contributed by atoms with Gasteiger partial charge in [0.25, 0.3) is 0 Å². The number of aliphatic hydroxyl groups excluding tert-OH is 1. The lowest BCUT2D eigenvalue weighted by atomic mass is 10.1. The van der Waals surface area contributed by atoms with Gasteiger partial charge in [-0.1, -0.05) is 62.4 Å². The van der Waals surface area contributed by atoms with E-state index in [1.54, 1.807) is 0 Å². The Kier molecular flexibility index (Phi) is 8.54. The molecule has 0 amide bonds. The first-order chi connectivity index (χ1) is 10.9. The topological polar surface area (TPSA) is 32.7 Å². The van der Waals surface area contributed by atoms with E-state index < -0.39 is 0 Å². The van der Waals surface area contributed by atoms with Gasteiger partial charge in [0.2, 0.25) is 0 Å². The van der Waals surface area contributed by atoms with Crippen LogP contribution in [0.3, 0.4) is 0 Å². The lowest BCUT2D eigenvalue weighted by Crippen LogP contribution is -2.41. The van der Waals surface area contributed by atoms with E-state index in [0.29, 0.717) is 12.7 Å². The second-order valence-corrected chi connectivity index (χ2v) is 6.35. The van der Waals surface area contributed by atoms with Crippen molar-refractivity contribution in [3.8, 4) is 0 Å². The van der Waals surface area contributed by atoms with Gasteiger partial charge >= 0.3 is 0 Å². The molecule has 1 saturated heterocycles. The van der Waals surface area contributed by atoms with Crippen LogP contribution in [0.15, 0.2) is 30.3 Å². The van der Waals surface area contributed by atoms with Crippen molar-refractivity contribution in [1.82, 2.24) is 4.90 Å². The molecule has 1 aromatic carbocycles. The van der Waals surface area contributed by atoms with E-state index in [2.05, 4.69) is 35.2 Å². The largest absolute Gasteiger partial charge is 0.396 e. The van der Waals surface area contributed by atoms with Gasteiger partial charge in [0, 0.05) is 26.2 Å². The Morgan fingerprint density at radius 3 is 2.50 bits per heavy atom. The van der Waals surface area contributed by atoms with Crippen LogP contribution >= 0.6 is 0 Å². The van der Waals surface area contributed by atoms with Crippen molar-refractivity contribution >= 4 is 0 Å². The summed E-state index contributed by atoms with van der Waals surface area (Å²) in [6.07, 6.45) is 8.83. The second kappa shape index (κ2) is 10.8. The van der Waals surface area contributed by atoms with Gasteiger partial charge in [0.15, 0.2) is 0 Å². The normalized spacial score (nSPS) is 19.4. The fourth-order valence-corrected chi connectivity index (χ4v) is 3.13. The zero-order valence-corrected chi connectivity index (χ0v) is 13.8. The third kappa shape index (κ3) is 6.91. The molecule has 0 radical (unpaired) electrons. The molecule has 0 bridgehead atoms. The van der Waals surface area contributed by atoms with Crippen molar-refractivity contribution in [2.75, 3.05) is 26.3 Å². The highest BCUT2D eigenvalue weighted by Gasteiger charge is 2.19. The van der Waals surface area contributed by atoms with E-state index in [4.69, 9.17) is 9.84 Å². The Morgan fingerprint density at radius 2 is 1.73 bits per heavy atom. The molecule has 124 valence electrons. The standard InChI is InChI=1S/C19H31NO2/c21-14-9-4-2-1-3-8-12-19-17-20(13-15-22-19)16-18-10-6-5-7-11-18/h5-7,10-11,19,21H,1-4,8-9,12-17H2. The number of benzene rings is 1. The van der Waals surface area contributed by atoms with Gasteiger partial charge in [-0.05, 0) is 18.4 Å². The quantitative estimate of drug-likeness (QED) is 0.670. The zero-order chi connectivity index (χ0) is 15.5. The summed E-state index contributed by atoms with van der Waals surface area (Å²) >= 11 is 0. The molecule has 1 heterocycles. The van der Waals surface area contributed by atoms with E-state index in [0.717, 1.165) is 32.7 Å². The smallest absolute Gasteiger partial charge is 0.0702 e. The van der Waals surface area contributed by atoms with Crippen molar-refractivity contribution in [3.63, 3.8) is 0 Å². The second-order valence-electron chi connectivity index (χ2n) is 6.35. The number of ether oxygens (including phenoxy) is 1. The van der Waals surface area contributed by atoms with Crippen LogP contribution in [0.2, 0.25) is 0 Å². The maximum atomic E-state index is 8.75. The SMILES string of the molecule is OCCCCCCCCC1CN(Cc2ccccc2)CCO1. The molecule has 3 heteroatoms. The summed E-state index contributed by atoms with van der Waals surface area (Å²) in [6.45, 7) is 4.37. The summed E-state index contributed by atoms with van der Waals surface area (Å²) in [5.74, 6) is 0. The zero-order valence-electron chi connectivity index (χ0n) is 13.8. The lowest BCUT2D eigenvalue weighted by Gasteiger charge is -2.33. The molecular formula is C19H31NO2. The number of hydrogen-bond donors (Lipinski definition) is 1. The Hall–Kier alpha value is -0.900. The van der Waals surface area contributed by atoms with E-state index in [-0.39, 0.29) is 0 Å². The van der Waals surface area contributed by atoms with Crippen LogP contribution in [0.1, 0.15) is 50.5 Å². The number of unbranched alkanes of at least 4 members (excludes halogenated alkanes) is 5. The maximum absolute atomic E-state index is 8.75. The van der Waals surface area contributed by atoms with Gasteiger partial charge in [0.05, 0.1) is 12.7 Å². The van der Waals surface area contributed by atoms with Crippen molar-refractivity contribution in [1.29, 1.82) is 0 Å². The maximum Gasteiger partial charge on any atom is 0.0702 e. The molecule has 1 aromatic rings. The molecule has 1 unspecified atom stereocenters. The molecule has 2 rings (SSSR count). The molecule has 0 saturated carbocycles. The van der Waals surface area contributed by atoms with Gasteiger partial charge in [-0.3, -0.25) is 4.90 Å². The lowest BCUT2D eigenvalue weighted by molar-refractivity contribution is -0.0358. The van der Waals surface area contributed by atoms with Crippen LogP contribution in [0.4, 0.5) is 0 Å². The van der Waals surface area contributed by atoms with E-state index >= 15 is 0 Å². The van der Waals surface area contributed by atoms with Gasteiger partial charge < -0.3 is 9.84 Å². The van der Waals surface area contributed by atoms with Crippen molar-refractivity contribution in [2.45, 2.75) is 57.6 Å². The molecule has 1 N–H and O–H groups in total. The molecule has 3 nitrogen and oxygen atoms in total. The van der Waals surface area contributed by atoms with Gasteiger partial charge in [-0.2, -0.15) is 0 Å². The van der Waals surface area contributed by atoms with Crippen LogP contribution < -0.4 is 0 Å². The summed E-state index contributed by atoms with van der Waals surface area (Å²) < 4.78 is 5.92. The molecular weight excluding hydrogens is 274 g/mol. The Balaban J connectivity index is 1.58. The van der Waals surface area contributed by atoms with Crippen LogP contribution in [0, 0.1) is 0 Å². The number of rotatable bonds is 10. The molecule has 0 aliphatic carbocycles. The monoisotopic (exact) mass is 305 g/mol. The predicted octanol–water partition coefficient (Wildman–Crippen LogP) is 3.61. The van der Waals surface area contributed by atoms with Crippen molar-refractivity contribution in [2.24, 2.45) is 0 Å². The van der Waals surface area contributed by atoms with E-state index in [1.807, 2.05) is 0 Å². The fraction of sp³-hybridized carbons (Fsp3) is 0.684. The first-order valence-corrected chi connectivity index (χ1v) is 8.87. The number of morpholine rings is 1. The summed E-state index contributed by atoms with van der Waals surface area (Å²) in [6, 6.07) is 10.7. The Bertz CT molecular complexity index is 382. The third-order valence-electron chi connectivity index (χ3n) is 4.41. The minimum Gasteiger partial charge on any atom is -0.396 e. The van der Waals surface area contributed by atoms with Gasteiger partial charge in [-0.25, -0.2) is 0 Å². The molecule has 0 spiro atoms. The third-order valence-corrected chi connectivity index (χ3v) is 4.41. The highest BCUT2D eigenvalue weighted by molar-refractivity contribution is 5.14. The first-order valence-electron chi connectivity index (χ1n) is 8.87. The molecule has 0 aromatic heterocycles. The summed E-state index contributed by atoms with van der Waals surface area (Å²) in [4.78, 5) is 2.52. The van der Waals surface area contributed by atoms with Gasteiger partial charge in [-0.15, -0.1) is 0 Å². The predicted molar refractivity (Wildman–Crippen MR) is 90.9 cm³/mol. The summed E-state index contributed by atoms with van der Waals surface area (Å²) in [5, 5.41) is 8.75. The van der Waals surface area contributed by atoms with Crippen molar-refractivity contribution < 1.29 is 9.84 Å². The average Bonchev–Trinajstić information content (AvgIpc) is 2.55. The van der Waals surface area contributed by atoms with Crippen LogP contribution in [-0.4, -0.2) is 42.4 Å². The minimum atomic E-state index is 0.340. The fourth-order valence-electron chi connectivity index (χ4n) is 3.13. The molecule has 1 atom stereocenters. The number of nitrogens with zero attached hydrogens (tertiary/aromatic N) is 1. The molecule has 1 aliphatic rings. The van der Waals surface area contributed by atoms with Crippen LogP contribution in [0.25, 0.3) is 0 Å². The molecule has 1 aliphatic heterocycles. The average molecular weight is 305 g/mol. The van der Waals surface area contributed by atoms with Crippen molar-refractivity contribution in [3.05, 3.63) is 35.9 Å². The highest BCUT2D eigenvalue weighted by Crippen LogP contribution is 2.16. The molecule has 1 fully saturated rings. The Labute approximate surface area is 135 Å². The van der Waals surface area contributed by atoms with Crippen LogP contribution in [0.5, 0.6) is 0 Å². The van der Waals surface area contributed by atoms with E-state index in [9.17, 15) is 0 Å². The summed E-state index contributed by atoms with van der Waals surface area (Å²) in [5.41, 5.74) is 1.40. The highest BCUT2D eigenvalue weighted by atomic mass is 16.5. The number of aliphatic hydroxyl groups is 1. The van der Waals surface area contributed by atoms with Crippen LogP contribution in [-0.2, 0) is 11.3 Å². The van der Waals surface area contributed by atoms with E-state index in [1.165, 1.54) is 44.1 Å².